The van der Waals surface area contributed by atoms with E-state index in [9.17, 15) is 4.79 Å². The lowest BCUT2D eigenvalue weighted by atomic mass is 10.1. The standard InChI is InChI=1S/C21H19N5O2/c1-13-10-19(26-25-13)23-18-12-14-11-16(28-2)8-9-17(14)20(24-18)21(27)22-15-6-4-3-5-7-15/h3-12H,1-2H3,(H,22,27)(H2,23,24,25,26). The smallest absolute Gasteiger partial charge is 0.274 e. The van der Waals surface area contributed by atoms with Crippen molar-refractivity contribution in [2.75, 3.05) is 17.7 Å². The van der Waals surface area contributed by atoms with Gasteiger partial charge in [-0.25, -0.2) is 4.98 Å². The number of fused-ring (bicyclic) bond motifs is 1. The molecule has 140 valence electrons. The van der Waals surface area contributed by atoms with Gasteiger partial charge in [-0.3, -0.25) is 9.89 Å². The highest BCUT2D eigenvalue weighted by Crippen LogP contribution is 2.27. The van der Waals surface area contributed by atoms with Crippen LogP contribution >= 0.6 is 0 Å². The normalized spacial score (nSPS) is 10.6. The van der Waals surface area contributed by atoms with Crippen molar-refractivity contribution in [3.63, 3.8) is 0 Å². The molecule has 0 aliphatic rings. The van der Waals surface area contributed by atoms with E-state index in [1.807, 2.05) is 67.6 Å². The molecule has 7 nitrogen and oxygen atoms in total. The maximum absolute atomic E-state index is 12.9. The number of para-hydroxylation sites is 1. The van der Waals surface area contributed by atoms with E-state index in [0.29, 0.717) is 28.8 Å². The third-order valence-electron chi connectivity index (χ3n) is 4.25. The maximum Gasteiger partial charge on any atom is 0.274 e. The molecule has 0 saturated carbocycles. The van der Waals surface area contributed by atoms with Crippen LogP contribution in [0.15, 0.2) is 60.7 Å². The van der Waals surface area contributed by atoms with E-state index < -0.39 is 0 Å². The number of methoxy groups -OCH3 is 1. The molecule has 0 bridgehead atoms. The predicted molar refractivity (Wildman–Crippen MR) is 109 cm³/mol. The first-order chi connectivity index (χ1) is 13.6. The Morgan fingerprint density at radius 3 is 2.57 bits per heavy atom. The Morgan fingerprint density at radius 1 is 1.04 bits per heavy atom. The molecule has 0 radical (unpaired) electrons. The number of aromatic nitrogens is 3. The number of pyridine rings is 1. The number of carbonyl (C=O) groups excluding carboxylic acids is 1. The van der Waals surface area contributed by atoms with Gasteiger partial charge in [-0.05, 0) is 48.7 Å². The Morgan fingerprint density at radius 2 is 1.86 bits per heavy atom. The fourth-order valence-electron chi connectivity index (χ4n) is 2.93. The van der Waals surface area contributed by atoms with Gasteiger partial charge in [0.25, 0.3) is 5.91 Å². The molecule has 3 N–H and O–H groups in total. The van der Waals surface area contributed by atoms with Crippen molar-refractivity contribution < 1.29 is 9.53 Å². The molecule has 28 heavy (non-hydrogen) atoms. The van der Waals surface area contributed by atoms with E-state index >= 15 is 0 Å². The minimum atomic E-state index is -0.289. The second-order valence-electron chi connectivity index (χ2n) is 6.32. The van der Waals surface area contributed by atoms with Gasteiger partial charge >= 0.3 is 0 Å². The SMILES string of the molecule is COc1ccc2c(C(=O)Nc3ccccc3)nc(Nc3cc(C)[nH]n3)cc2c1. The van der Waals surface area contributed by atoms with Gasteiger partial charge in [0.1, 0.15) is 17.3 Å². The molecule has 2 aromatic carbocycles. The molecule has 0 atom stereocenters. The van der Waals surface area contributed by atoms with Crippen LogP contribution in [0.2, 0.25) is 0 Å². The largest absolute Gasteiger partial charge is 0.497 e. The Bertz CT molecular complexity index is 1140. The summed E-state index contributed by atoms with van der Waals surface area (Å²) in [7, 11) is 1.61. The summed E-state index contributed by atoms with van der Waals surface area (Å²) in [5.41, 5.74) is 1.95. The van der Waals surface area contributed by atoms with E-state index in [0.717, 1.165) is 16.5 Å². The number of ether oxygens (including phenoxy) is 1. The topological polar surface area (TPSA) is 91.9 Å². The van der Waals surface area contributed by atoms with Crippen LogP contribution < -0.4 is 15.4 Å². The van der Waals surface area contributed by atoms with Crippen molar-refractivity contribution >= 4 is 34.0 Å². The second-order valence-corrected chi connectivity index (χ2v) is 6.32. The summed E-state index contributed by atoms with van der Waals surface area (Å²) >= 11 is 0. The van der Waals surface area contributed by atoms with Crippen LogP contribution in [-0.2, 0) is 0 Å². The molecule has 7 heteroatoms. The van der Waals surface area contributed by atoms with Crippen LogP contribution in [0, 0.1) is 6.92 Å². The second kappa shape index (κ2) is 7.40. The zero-order chi connectivity index (χ0) is 19.5. The van der Waals surface area contributed by atoms with Crippen molar-refractivity contribution in [2.24, 2.45) is 0 Å². The summed E-state index contributed by atoms with van der Waals surface area (Å²) in [6, 6.07) is 18.5. The summed E-state index contributed by atoms with van der Waals surface area (Å²) in [5, 5.41) is 14.6. The Hall–Kier alpha value is -3.87. The first kappa shape index (κ1) is 17.5. The number of nitrogens with one attached hydrogen (secondary N) is 3. The molecule has 0 saturated heterocycles. The highest BCUT2D eigenvalue weighted by molar-refractivity contribution is 6.12. The number of hydrogen-bond acceptors (Lipinski definition) is 5. The van der Waals surface area contributed by atoms with Gasteiger partial charge < -0.3 is 15.4 Å². The average Bonchev–Trinajstić information content (AvgIpc) is 3.12. The average molecular weight is 373 g/mol. The molecular formula is C21H19N5O2. The number of aryl methyl sites for hydroxylation is 1. The lowest BCUT2D eigenvalue weighted by Gasteiger charge is -2.11. The van der Waals surface area contributed by atoms with Crippen molar-refractivity contribution in [3.8, 4) is 5.75 Å². The van der Waals surface area contributed by atoms with Crippen LogP contribution in [0.5, 0.6) is 5.75 Å². The molecule has 4 aromatic rings. The molecule has 4 rings (SSSR count). The van der Waals surface area contributed by atoms with E-state index in [4.69, 9.17) is 4.74 Å². The van der Waals surface area contributed by atoms with Gasteiger partial charge in [0.15, 0.2) is 5.82 Å². The third kappa shape index (κ3) is 3.64. The van der Waals surface area contributed by atoms with Crippen molar-refractivity contribution in [3.05, 3.63) is 72.1 Å². The quantitative estimate of drug-likeness (QED) is 0.486. The number of rotatable bonds is 5. The predicted octanol–water partition coefficient (Wildman–Crippen LogP) is 4.27. The molecule has 1 amide bonds. The van der Waals surface area contributed by atoms with E-state index in [2.05, 4.69) is 25.8 Å². The lowest BCUT2D eigenvalue weighted by molar-refractivity contribution is 0.102. The minimum Gasteiger partial charge on any atom is -0.497 e. The summed E-state index contributed by atoms with van der Waals surface area (Å²) in [4.78, 5) is 17.5. The zero-order valence-electron chi connectivity index (χ0n) is 15.5. The monoisotopic (exact) mass is 373 g/mol. The fraction of sp³-hybridized carbons (Fsp3) is 0.0952. The number of amides is 1. The molecule has 0 unspecified atom stereocenters. The van der Waals surface area contributed by atoms with E-state index in [-0.39, 0.29) is 5.91 Å². The molecule has 2 heterocycles. The van der Waals surface area contributed by atoms with Crippen molar-refractivity contribution in [1.29, 1.82) is 0 Å². The van der Waals surface area contributed by atoms with Crippen LogP contribution in [0.1, 0.15) is 16.2 Å². The van der Waals surface area contributed by atoms with Gasteiger partial charge in [-0.1, -0.05) is 18.2 Å². The van der Waals surface area contributed by atoms with Crippen LogP contribution in [-0.4, -0.2) is 28.2 Å². The highest BCUT2D eigenvalue weighted by Gasteiger charge is 2.15. The lowest BCUT2D eigenvalue weighted by Crippen LogP contribution is -2.15. The van der Waals surface area contributed by atoms with Crippen LogP contribution in [0.25, 0.3) is 10.8 Å². The highest BCUT2D eigenvalue weighted by atomic mass is 16.5. The Labute approximate surface area is 161 Å². The summed E-state index contributed by atoms with van der Waals surface area (Å²) in [6.07, 6.45) is 0. The van der Waals surface area contributed by atoms with Gasteiger partial charge in [0, 0.05) is 22.8 Å². The molecule has 0 spiro atoms. The van der Waals surface area contributed by atoms with Gasteiger partial charge in [-0.15, -0.1) is 0 Å². The Kier molecular flexibility index (Phi) is 4.63. The Balaban J connectivity index is 1.76. The molecule has 2 aromatic heterocycles. The van der Waals surface area contributed by atoms with Gasteiger partial charge in [-0.2, -0.15) is 5.10 Å². The number of hydrogen-bond donors (Lipinski definition) is 3. The molecule has 0 fully saturated rings. The molecular weight excluding hydrogens is 354 g/mol. The van der Waals surface area contributed by atoms with Crippen LogP contribution in [0.4, 0.5) is 17.3 Å². The van der Waals surface area contributed by atoms with Crippen molar-refractivity contribution in [1.82, 2.24) is 15.2 Å². The number of aromatic amines is 1. The first-order valence-electron chi connectivity index (χ1n) is 8.76. The van der Waals surface area contributed by atoms with E-state index in [1.54, 1.807) is 7.11 Å². The number of carbonyl (C=O) groups is 1. The van der Waals surface area contributed by atoms with Gasteiger partial charge in [0.2, 0.25) is 0 Å². The number of H-pyrrole nitrogens is 1. The minimum absolute atomic E-state index is 0.289. The first-order valence-corrected chi connectivity index (χ1v) is 8.76. The summed E-state index contributed by atoms with van der Waals surface area (Å²) in [6.45, 7) is 1.91. The van der Waals surface area contributed by atoms with Gasteiger partial charge in [0.05, 0.1) is 7.11 Å². The molecule has 0 aliphatic carbocycles. The molecule has 0 aliphatic heterocycles. The van der Waals surface area contributed by atoms with E-state index in [1.165, 1.54) is 0 Å². The van der Waals surface area contributed by atoms with Crippen molar-refractivity contribution in [2.45, 2.75) is 6.92 Å². The third-order valence-corrected chi connectivity index (χ3v) is 4.25. The number of benzene rings is 2. The summed E-state index contributed by atoms with van der Waals surface area (Å²) < 4.78 is 5.32. The maximum atomic E-state index is 12.9. The number of anilines is 3. The number of nitrogens with zero attached hydrogens (tertiary/aromatic N) is 2. The summed E-state index contributed by atoms with van der Waals surface area (Å²) in [5.74, 6) is 1.56. The zero-order valence-corrected chi connectivity index (χ0v) is 15.5. The fourth-order valence-corrected chi connectivity index (χ4v) is 2.93. The van der Waals surface area contributed by atoms with Crippen LogP contribution in [0.3, 0.4) is 0 Å².